The summed E-state index contributed by atoms with van der Waals surface area (Å²) in [7, 11) is 0. The summed E-state index contributed by atoms with van der Waals surface area (Å²) in [5, 5.41) is 2.36. The first kappa shape index (κ1) is 14.9. The summed E-state index contributed by atoms with van der Waals surface area (Å²) >= 11 is 0. The number of aromatic nitrogens is 1. The van der Waals surface area contributed by atoms with Gasteiger partial charge in [-0.25, -0.2) is 4.79 Å². The molecular weight excluding hydrogens is 313 g/mol. The van der Waals surface area contributed by atoms with Gasteiger partial charge in [-0.3, -0.25) is 9.78 Å². The van der Waals surface area contributed by atoms with Crippen LogP contribution in [0.5, 0.6) is 0 Å². The third kappa shape index (κ3) is 2.83. The van der Waals surface area contributed by atoms with E-state index < -0.39 is 29.0 Å². The van der Waals surface area contributed by atoms with Gasteiger partial charge in [0.1, 0.15) is 5.52 Å². The fourth-order valence-corrected chi connectivity index (χ4v) is 2.19. The van der Waals surface area contributed by atoms with Crippen LogP contribution in [-0.4, -0.2) is 10.9 Å². The average molecular weight is 322 g/mol. The van der Waals surface area contributed by atoms with Crippen molar-refractivity contribution in [2.24, 2.45) is 0 Å². The van der Waals surface area contributed by atoms with Crippen molar-refractivity contribution in [2.45, 2.75) is 6.18 Å². The summed E-state index contributed by atoms with van der Waals surface area (Å²) < 4.78 is 43.7. The molecule has 2 aromatic carbocycles. The smallest absolute Gasteiger partial charge is 0.408 e. The van der Waals surface area contributed by atoms with E-state index in [1.54, 1.807) is 0 Å². The highest BCUT2D eigenvalue weighted by Crippen LogP contribution is 2.32. The lowest BCUT2D eigenvalue weighted by molar-refractivity contribution is -0.137. The third-order valence-corrected chi connectivity index (χ3v) is 3.18. The van der Waals surface area contributed by atoms with Crippen molar-refractivity contribution in [3.63, 3.8) is 0 Å². The number of alkyl halides is 3. The minimum Gasteiger partial charge on any atom is -0.408 e. The van der Waals surface area contributed by atoms with Gasteiger partial charge in [-0.15, -0.1) is 0 Å². The van der Waals surface area contributed by atoms with Gasteiger partial charge in [0.2, 0.25) is 0 Å². The Morgan fingerprint density at radius 3 is 2.57 bits per heavy atom. The number of hydrogen-bond donors (Lipinski definition) is 2. The summed E-state index contributed by atoms with van der Waals surface area (Å²) in [4.78, 5) is 25.8. The van der Waals surface area contributed by atoms with Crippen LogP contribution in [0.1, 0.15) is 15.9 Å². The van der Waals surface area contributed by atoms with Crippen molar-refractivity contribution in [3.05, 3.63) is 64.1 Å². The van der Waals surface area contributed by atoms with Crippen LogP contribution in [0.4, 0.5) is 18.9 Å². The molecule has 118 valence electrons. The number of oxazole rings is 1. The summed E-state index contributed by atoms with van der Waals surface area (Å²) in [6.07, 6.45) is -4.65. The molecular formula is C15H9F3N2O3. The minimum absolute atomic E-state index is 0.148. The van der Waals surface area contributed by atoms with Crippen molar-refractivity contribution in [1.29, 1.82) is 0 Å². The zero-order valence-electron chi connectivity index (χ0n) is 11.4. The zero-order valence-corrected chi connectivity index (χ0v) is 11.4. The SMILES string of the molecule is O=C(Nc1cccc2oc(=O)[nH]c12)c1ccccc1C(F)(F)F. The van der Waals surface area contributed by atoms with E-state index in [1.807, 2.05) is 0 Å². The Bertz CT molecular complexity index is 941. The number of carbonyl (C=O) groups excluding carboxylic acids is 1. The molecule has 1 aromatic heterocycles. The fraction of sp³-hybridized carbons (Fsp3) is 0.0667. The highest BCUT2D eigenvalue weighted by atomic mass is 19.4. The Kier molecular flexibility index (Phi) is 3.44. The fourth-order valence-electron chi connectivity index (χ4n) is 2.19. The maximum absolute atomic E-state index is 13.0. The summed E-state index contributed by atoms with van der Waals surface area (Å²) in [6, 6.07) is 8.89. The normalized spacial score (nSPS) is 11.6. The summed E-state index contributed by atoms with van der Waals surface area (Å²) in [5.41, 5.74) is -1.00. The Morgan fingerprint density at radius 2 is 1.83 bits per heavy atom. The van der Waals surface area contributed by atoms with Crippen LogP contribution in [0.2, 0.25) is 0 Å². The number of amides is 1. The molecule has 5 nitrogen and oxygen atoms in total. The van der Waals surface area contributed by atoms with Crippen molar-refractivity contribution < 1.29 is 22.4 Å². The minimum atomic E-state index is -4.65. The molecule has 0 radical (unpaired) electrons. The molecule has 1 amide bonds. The monoisotopic (exact) mass is 322 g/mol. The van der Waals surface area contributed by atoms with Gasteiger partial charge in [-0.1, -0.05) is 18.2 Å². The first-order chi connectivity index (χ1) is 10.9. The number of anilines is 1. The van der Waals surface area contributed by atoms with Gasteiger partial charge in [0.05, 0.1) is 16.8 Å². The lowest BCUT2D eigenvalue weighted by atomic mass is 10.1. The highest BCUT2D eigenvalue weighted by molar-refractivity contribution is 6.08. The standard InChI is InChI=1S/C15H9F3N2O3/c16-15(17,18)9-5-2-1-4-8(9)13(21)19-10-6-3-7-11-12(10)20-14(22)23-11/h1-7H,(H,19,21)(H,20,22). The molecule has 0 aliphatic heterocycles. The van der Waals surface area contributed by atoms with Gasteiger partial charge in [-0.2, -0.15) is 13.2 Å². The van der Waals surface area contributed by atoms with Gasteiger partial charge in [0.25, 0.3) is 5.91 Å². The van der Waals surface area contributed by atoms with Crippen LogP contribution in [-0.2, 0) is 6.18 Å². The number of nitrogens with one attached hydrogen (secondary N) is 2. The van der Waals surface area contributed by atoms with Gasteiger partial charge < -0.3 is 9.73 Å². The second-order valence-corrected chi connectivity index (χ2v) is 4.69. The molecule has 0 aliphatic carbocycles. The van der Waals surface area contributed by atoms with Crippen LogP contribution < -0.4 is 11.1 Å². The lowest BCUT2D eigenvalue weighted by Crippen LogP contribution is -2.18. The van der Waals surface area contributed by atoms with Crippen LogP contribution >= 0.6 is 0 Å². The summed E-state index contributed by atoms with van der Waals surface area (Å²) in [5.74, 6) is -1.66. The molecule has 2 N–H and O–H groups in total. The van der Waals surface area contributed by atoms with Crippen molar-refractivity contribution in [1.82, 2.24) is 4.98 Å². The van der Waals surface area contributed by atoms with E-state index in [0.29, 0.717) is 0 Å². The van der Waals surface area contributed by atoms with E-state index in [0.717, 1.165) is 12.1 Å². The van der Waals surface area contributed by atoms with Crippen molar-refractivity contribution in [2.75, 3.05) is 5.32 Å². The molecule has 8 heteroatoms. The molecule has 23 heavy (non-hydrogen) atoms. The Morgan fingerprint density at radius 1 is 1.09 bits per heavy atom. The number of hydrogen-bond acceptors (Lipinski definition) is 3. The topological polar surface area (TPSA) is 75.1 Å². The van der Waals surface area contributed by atoms with E-state index in [2.05, 4.69) is 10.3 Å². The zero-order chi connectivity index (χ0) is 16.6. The molecule has 0 unspecified atom stereocenters. The molecule has 0 atom stereocenters. The quantitative estimate of drug-likeness (QED) is 0.759. The van der Waals surface area contributed by atoms with E-state index >= 15 is 0 Å². The van der Waals surface area contributed by atoms with Crippen molar-refractivity contribution >= 4 is 22.7 Å². The second-order valence-electron chi connectivity index (χ2n) is 4.69. The maximum Gasteiger partial charge on any atom is 0.417 e. The highest BCUT2D eigenvalue weighted by Gasteiger charge is 2.34. The summed E-state index contributed by atoms with van der Waals surface area (Å²) in [6.45, 7) is 0. The molecule has 1 heterocycles. The van der Waals surface area contributed by atoms with E-state index in [1.165, 1.54) is 30.3 Å². The molecule has 0 spiro atoms. The number of halogens is 3. The van der Waals surface area contributed by atoms with Crippen LogP contribution in [0.25, 0.3) is 11.1 Å². The largest absolute Gasteiger partial charge is 0.417 e. The van der Waals surface area contributed by atoms with Gasteiger partial charge >= 0.3 is 11.9 Å². The number of para-hydroxylation sites is 1. The van der Waals surface area contributed by atoms with Crippen LogP contribution in [0.3, 0.4) is 0 Å². The number of benzene rings is 2. The Balaban J connectivity index is 2.01. The second kappa shape index (κ2) is 5.31. The third-order valence-electron chi connectivity index (χ3n) is 3.18. The average Bonchev–Trinajstić information content (AvgIpc) is 2.88. The van der Waals surface area contributed by atoms with Gasteiger partial charge in [0, 0.05) is 0 Å². The number of rotatable bonds is 2. The number of carbonyl (C=O) groups is 1. The van der Waals surface area contributed by atoms with Gasteiger partial charge in [0.15, 0.2) is 5.58 Å². The number of aromatic amines is 1. The van der Waals surface area contributed by atoms with Crippen LogP contribution in [0, 0.1) is 0 Å². The van der Waals surface area contributed by atoms with E-state index in [4.69, 9.17) is 4.42 Å². The van der Waals surface area contributed by atoms with Crippen LogP contribution in [0.15, 0.2) is 51.7 Å². The Hall–Kier alpha value is -3.03. The molecule has 0 saturated heterocycles. The molecule has 0 fully saturated rings. The molecule has 0 aliphatic rings. The van der Waals surface area contributed by atoms with Gasteiger partial charge in [-0.05, 0) is 24.3 Å². The number of fused-ring (bicyclic) bond motifs is 1. The van der Waals surface area contributed by atoms with E-state index in [9.17, 15) is 22.8 Å². The lowest BCUT2D eigenvalue weighted by Gasteiger charge is -2.12. The molecule has 0 bridgehead atoms. The first-order valence-electron chi connectivity index (χ1n) is 6.45. The van der Waals surface area contributed by atoms with Crippen molar-refractivity contribution in [3.8, 4) is 0 Å². The predicted octanol–water partition coefficient (Wildman–Crippen LogP) is 3.39. The number of H-pyrrole nitrogens is 1. The molecule has 3 rings (SSSR count). The molecule has 0 saturated carbocycles. The Labute approximate surface area is 126 Å². The first-order valence-corrected chi connectivity index (χ1v) is 6.45. The molecule has 3 aromatic rings. The maximum atomic E-state index is 13.0. The predicted molar refractivity (Wildman–Crippen MR) is 76.2 cm³/mol. The van der Waals surface area contributed by atoms with E-state index in [-0.39, 0.29) is 16.8 Å².